The third kappa shape index (κ3) is 4.97. The molecule has 0 aliphatic heterocycles. The molecule has 0 radical (unpaired) electrons. The van der Waals surface area contributed by atoms with E-state index < -0.39 is 6.46 Å². The van der Waals surface area contributed by atoms with Gasteiger partial charge in [-0.25, -0.2) is 0 Å². The molecule has 0 amide bonds. The predicted octanol–water partition coefficient (Wildman–Crippen LogP) is 5.65. The van der Waals surface area contributed by atoms with E-state index in [9.17, 15) is 0 Å². The molecule has 0 saturated heterocycles. The molecule has 3 aromatic rings. The molecule has 0 aliphatic carbocycles. The molecule has 0 nitrogen and oxygen atoms in total. The Bertz CT molecular complexity index is 701. The number of hydrogen-bond acceptors (Lipinski definition) is 1. The van der Waals surface area contributed by atoms with Crippen LogP contribution in [0.25, 0.3) is 0 Å². The minimum absolute atomic E-state index is 1.18. The summed E-state index contributed by atoms with van der Waals surface area (Å²) in [5, 5.41) is 2.85. The van der Waals surface area contributed by atoms with Gasteiger partial charge >= 0.3 is 158 Å². The van der Waals surface area contributed by atoms with Gasteiger partial charge in [-0.1, -0.05) is 0 Å². The van der Waals surface area contributed by atoms with Gasteiger partial charge in [0.05, 0.1) is 0 Å². The molecule has 0 bridgehead atoms. The third-order valence-electron chi connectivity index (χ3n) is 4.85. The van der Waals surface area contributed by atoms with Crippen LogP contribution in [0.5, 0.6) is 0 Å². The summed E-state index contributed by atoms with van der Waals surface area (Å²) < 4.78 is 0. The number of unbranched alkanes of at least 4 members (excludes halogenated alkanes) is 2. The second-order valence-corrected chi connectivity index (χ2v) is 12.3. The summed E-state index contributed by atoms with van der Waals surface area (Å²) in [5.74, 6) is 0. The first-order valence-corrected chi connectivity index (χ1v) is 12.7. The minimum atomic E-state index is -1.94. The van der Waals surface area contributed by atoms with E-state index in [1.165, 1.54) is 48.0 Å². The zero-order valence-corrected chi connectivity index (χ0v) is 16.5. The van der Waals surface area contributed by atoms with Crippen LogP contribution in [0.1, 0.15) is 24.8 Å². The molecule has 0 atom stereocenters. The zero-order chi connectivity index (χ0) is 17.4. The van der Waals surface area contributed by atoms with Gasteiger partial charge in [0.1, 0.15) is 0 Å². The Morgan fingerprint density at radius 2 is 1.04 bits per heavy atom. The van der Waals surface area contributed by atoms with Crippen molar-refractivity contribution in [2.24, 2.45) is 0 Å². The fourth-order valence-electron chi connectivity index (χ4n) is 3.41. The molecule has 0 spiro atoms. The van der Waals surface area contributed by atoms with Crippen LogP contribution >= 0.6 is 18.7 Å². The first kappa shape index (κ1) is 18.2. The van der Waals surface area contributed by atoms with E-state index in [4.69, 9.17) is 12.2 Å². The van der Waals surface area contributed by atoms with Crippen molar-refractivity contribution in [3.63, 3.8) is 0 Å². The Kier molecular flexibility index (Phi) is 6.73. The van der Waals surface area contributed by atoms with Gasteiger partial charge in [0.15, 0.2) is 0 Å². The van der Waals surface area contributed by atoms with Gasteiger partial charge in [-0.15, -0.1) is 0 Å². The number of thiol groups is 1. The van der Waals surface area contributed by atoms with Crippen molar-refractivity contribution in [1.82, 2.24) is 0 Å². The van der Waals surface area contributed by atoms with Gasteiger partial charge in [0.25, 0.3) is 0 Å². The summed E-state index contributed by atoms with van der Waals surface area (Å²) in [7, 11) is 0. The molecule has 0 fully saturated rings. The Morgan fingerprint density at radius 1 is 0.560 bits per heavy atom. The second kappa shape index (κ2) is 9.22. The molecule has 2 heteroatoms. The molecule has 0 aliphatic rings. The average molecular weight is 367 g/mol. The summed E-state index contributed by atoms with van der Waals surface area (Å²) in [6.07, 6.45) is 6.14. The fourth-order valence-corrected chi connectivity index (χ4v) is 7.94. The molecule has 25 heavy (non-hydrogen) atoms. The summed E-state index contributed by atoms with van der Waals surface area (Å²) >= 11 is 5.31. The maximum absolute atomic E-state index is 5.31. The van der Waals surface area contributed by atoms with Gasteiger partial charge < -0.3 is 0 Å². The van der Waals surface area contributed by atoms with Crippen LogP contribution in [0.4, 0.5) is 0 Å². The molecule has 130 valence electrons. The van der Waals surface area contributed by atoms with Crippen molar-refractivity contribution in [2.45, 2.75) is 25.7 Å². The summed E-state index contributed by atoms with van der Waals surface area (Å²) in [4.78, 5) is 0. The molecule has 0 aromatic heterocycles. The molecule has 0 unspecified atom stereocenters. The predicted molar refractivity (Wildman–Crippen MR) is 118 cm³/mol. The molecule has 0 saturated carbocycles. The van der Waals surface area contributed by atoms with E-state index in [-0.39, 0.29) is 0 Å². The van der Waals surface area contributed by atoms with Gasteiger partial charge in [0, 0.05) is 0 Å². The third-order valence-corrected chi connectivity index (χ3v) is 10.7. The Morgan fingerprint density at radius 3 is 1.56 bits per heavy atom. The first-order valence-electron chi connectivity index (χ1n) is 9.16. The molecule has 3 aromatic carbocycles. The van der Waals surface area contributed by atoms with Crippen molar-refractivity contribution in [3.05, 3.63) is 96.6 Å². The van der Waals surface area contributed by atoms with Gasteiger partial charge in [0.2, 0.25) is 0 Å². The van der Waals surface area contributed by atoms with Crippen LogP contribution in [-0.2, 0) is 6.42 Å². The van der Waals surface area contributed by atoms with E-state index in [0.29, 0.717) is 0 Å². The van der Waals surface area contributed by atoms with Crippen LogP contribution in [0.2, 0.25) is 0 Å². The van der Waals surface area contributed by atoms with E-state index in [1.807, 2.05) is 0 Å². The second-order valence-electron chi connectivity index (χ2n) is 6.64. The van der Waals surface area contributed by atoms with Gasteiger partial charge in [-0.2, -0.15) is 0 Å². The number of benzene rings is 3. The molecule has 3 rings (SSSR count). The zero-order valence-electron chi connectivity index (χ0n) is 14.6. The Labute approximate surface area is 157 Å². The van der Waals surface area contributed by atoms with Crippen LogP contribution in [-0.4, -0.2) is 6.16 Å². The van der Waals surface area contributed by atoms with E-state index in [2.05, 4.69) is 91.0 Å². The van der Waals surface area contributed by atoms with Crippen molar-refractivity contribution in [3.8, 4) is 0 Å². The van der Waals surface area contributed by atoms with Crippen LogP contribution < -0.4 is 10.6 Å². The van der Waals surface area contributed by atoms with Gasteiger partial charge in [-0.05, 0) is 0 Å². The molecular formula is C23H27PS. The van der Waals surface area contributed by atoms with Crippen LogP contribution in [0, 0.1) is 0 Å². The van der Waals surface area contributed by atoms with Crippen molar-refractivity contribution in [1.29, 1.82) is 0 Å². The molecular weight excluding hydrogens is 339 g/mol. The first-order chi connectivity index (χ1) is 12.3. The summed E-state index contributed by atoms with van der Waals surface area (Å²) in [6, 6.07) is 32.6. The SMILES string of the molecule is S[PH](CCCCCc1ccccc1)(c1ccccc1)c1ccccc1. The molecule has 0 heterocycles. The normalized spacial score (nSPS) is 12.0. The monoisotopic (exact) mass is 366 g/mol. The van der Waals surface area contributed by atoms with E-state index in [0.717, 1.165) is 0 Å². The Balaban J connectivity index is 1.63. The Hall–Kier alpha value is -1.56. The average Bonchev–Trinajstić information content (AvgIpc) is 2.70. The number of aryl methyl sites for hydroxylation is 1. The quantitative estimate of drug-likeness (QED) is 0.297. The number of hydrogen-bond donors (Lipinski definition) is 1. The summed E-state index contributed by atoms with van der Waals surface area (Å²) in [6.45, 7) is -1.94. The van der Waals surface area contributed by atoms with Crippen LogP contribution in [0.3, 0.4) is 0 Å². The summed E-state index contributed by atoms with van der Waals surface area (Å²) in [5.41, 5.74) is 1.45. The fraction of sp³-hybridized carbons (Fsp3) is 0.217. The van der Waals surface area contributed by atoms with Crippen molar-refractivity contribution >= 4 is 29.3 Å². The van der Waals surface area contributed by atoms with Crippen molar-refractivity contribution < 1.29 is 0 Å². The standard InChI is InChI=1S/C23H27PS/c25-24(22-16-8-2-9-17-22,23-18-10-3-11-19-23)20-12-4-7-15-21-13-5-1-6-14-21/h1-3,5-6,8-11,13-14,16-19,24-25H,4,7,12,15,20H2. The molecule has 0 N–H and O–H groups in total. The number of rotatable bonds is 8. The van der Waals surface area contributed by atoms with Crippen molar-refractivity contribution in [2.75, 3.05) is 6.16 Å². The van der Waals surface area contributed by atoms with Gasteiger partial charge in [-0.3, -0.25) is 0 Å². The maximum atomic E-state index is 5.31. The van der Waals surface area contributed by atoms with E-state index in [1.54, 1.807) is 0 Å². The van der Waals surface area contributed by atoms with E-state index >= 15 is 0 Å². The van der Waals surface area contributed by atoms with Crippen LogP contribution in [0.15, 0.2) is 91.0 Å². The topological polar surface area (TPSA) is 0 Å².